The van der Waals surface area contributed by atoms with Crippen molar-refractivity contribution in [2.45, 2.75) is 46.4 Å². The van der Waals surface area contributed by atoms with E-state index in [2.05, 4.69) is 41.7 Å². The van der Waals surface area contributed by atoms with Crippen LogP contribution in [0.1, 0.15) is 37.6 Å². The van der Waals surface area contributed by atoms with Gasteiger partial charge in [-0.25, -0.2) is 4.99 Å². The second-order valence-corrected chi connectivity index (χ2v) is 6.63. The lowest BCUT2D eigenvalue weighted by molar-refractivity contribution is 0.254. The monoisotopic (exact) mass is 371 g/mol. The van der Waals surface area contributed by atoms with Gasteiger partial charge in [-0.3, -0.25) is 4.68 Å². The average molecular weight is 371 g/mol. The highest BCUT2D eigenvalue weighted by Gasteiger charge is 2.21. The van der Waals surface area contributed by atoms with Gasteiger partial charge in [-0.1, -0.05) is 0 Å². The molecule has 1 aliphatic rings. The number of nitrogens with one attached hydrogen (secondary N) is 2. The molecule has 146 valence electrons. The van der Waals surface area contributed by atoms with Gasteiger partial charge < -0.3 is 20.1 Å². The van der Waals surface area contributed by atoms with E-state index in [4.69, 9.17) is 14.5 Å². The molecule has 0 saturated heterocycles. The van der Waals surface area contributed by atoms with Gasteiger partial charge >= 0.3 is 0 Å². The SMILES string of the molecule is CCNC(=NCc1cc2c(cc1OCC)CC(C)O2)NCc1ccnn1C. The summed E-state index contributed by atoms with van der Waals surface area (Å²) in [5.74, 6) is 2.60. The fourth-order valence-corrected chi connectivity index (χ4v) is 3.15. The molecule has 0 amide bonds. The molecule has 1 aromatic carbocycles. The van der Waals surface area contributed by atoms with Gasteiger partial charge in [0.1, 0.15) is 17.6 Å². The Labute approximate surface area is 160 Å². The third-order valence-electron chi connectivity index (χ3n) is 4.49. The predicted octanol–water partition coefficient (Wildman–Crippen LogP) is 2.40. The Morgan fingerprint density at radius 2 is 2.22 bits per heavy atom. The first kappa shape index (κ1) is 19.1. The fraction of sp³-hybridized carbons (Fsp3) is 0.500. The third kappa shape index (κ3) is 4.72. The summed E-state index contributed by atoms with van der Waals surface area (Å²) in [6.07, 6.45) is 2.93. The zero-order chi connectivity index (χ0) is 19.2. The number of hydrogen-bond donors (Lipinski definition) is 2. The predicted molar refractivity (Wildman–Crippen MR) is 106 cm³/mol. The molecule has 7 nitrogen and oxygen atoms in total. The summed E-state index contributed by atoms with van der Waals surface area (Å²) in [5.41, 5.74) is 3.33. The molecule has 2 aromatic rings. The summed E-state index contributed by atoms with van der Waals surface area (Å²) in [6.45, 7) is 8.73. The van der Waals surface area contributed by atoms with Crippen LogP contribution in [-0.4, -0.2) is 35.0 Å². The Balaban J connectivity index is 1.74. The summed E-state index contributed by atoms with van der Waals surface area (Å²) in [4.78, 5) is 4.73. The average Bonchev–Trinajstić information content (AvgIpc) is 3.21. The van der Waals surface area contributed by atoms with E-state index in [1.54, 1.807) is 6.20 Å². The summed E-state index contributed by atoms with van der Waals surface area (Å²) in [7, 11) is 1.93. The Bertz CT molecular complexity index is 800. The minimum absolute atomic E-state index is 0.214. The number of aryl methyl sites for hydroxylation is 1. The van der Waals surface area contributed by atoms with Crippen LogP contribution in [0.4, 0.5) is 0 Å². The highest BCUT2D eigenvalue weighted by Crippen LogP contribution is 2.35. The number of aliphatic imine (C=N–C) groups is 1. The number of fused-ring (bicyclic) bond motifs is 1. The molecule has 1 atom stereocenters. The van der Waals surface area contributed by atoms with Gasteiger partial charge in [-0.05, 0) is 39.0 Å². The highest BCUT2D eigenvalue weighted by atomic mass is 16.5. The molecule has 0 bridgehead atoms. The van der Waals surface area contributed by atoms with Gasteiger partial charge in [0.05, 0.1) is 25.4 Å². The van der Waals surface area contributed by atoms with Gasteiger partial charge in [0.25, 0.3) is 0 Å². The van der Waals surface area contributed by atoms with Crippen LogP contribution in [-0.2, 0) is 26.6 Å². The van der Waals surface area contributed by atoms with E-state index in [0.717, 1.165) is 41.7 Å². The third-order valence-corrected chi connectivity index (χ3v) is 4.49. The van der Waals surface area contributed by atoms with Gasteiger partial charge in [0.2, 0.25) is 0 Å². The maximum atomic E-state index is 5.90. The molecule has 0 radical (unpaired) electrons. The molecule has 1 aliphatic heterocycles. The normalized spacial score (nSPS) is 16.0. The quantitative estimate of drug-likeness (QED) is 0.578. The molecular formula is C20H29N5O2. The van der Waals surface area contributed by atoms with Crippen molar-refractivity contribution in [3.63, 3.8) is 0 Å². The highest BCUT2D eigenvalue weighted by molar-refractivity contribution is 5.79. The number of benzene rings is 1. The Morgan fingerprint density at radius 3 is 2.93 bits per heavy atom. The number of hydrogen-bond acceptors (Lipinski definition) is 4. The van der Waals surface area contributed by atoms with Crippen LogP contribution in [0, 0.1) is 0 Å². The zero-order valence-corrected chi connectivity index (χ0v) is 16.6. The van der Waals surface area contributed by atoms with E-state index in [-0.39, 0.29) is 6.10 Å². The second kappa shape index (κ2) is 8.79. The first-order valence-electron chi connectivity index (χ1n) is 9.55. The Hall–Kier alpha value is -2.70. The first-order valence-corrected chi connectivity index (χ1v) is 9.55. The molecule has 2 heterocycles. The molecule has 0 aliphatic carbocycles. The van der Waals surface area contributed by atoms with E-state index in [9.17, 15) is 0 Å². The van der Waals surface area contributed by atoms with E-state index >= 15 is 0 Å². The largest absolute Gasteiger partial charge is 0.494 e. The number of aromatic nitrogens is 2. The molecule has 0 spiro atoms. The van der Waals surface area contributed by atoms with Crippen LogP contribution in [0.2, 0.25) is 0 Å². The maximum absolute atomic E-state index is 5.90. The Morgan fingerprint density at radius 1 is 1.37 bits per heavy atom. The van der Waals surface area contributed by atoms with Gasteiger partial charge in [-0.2, -0.15) is 5.10 Å². The van der Waals surface area contributed by atoms with Crippen LogP contribution < -0.4 is 20.1 Å². The molecule has 0 saturated carbocycles. The lowest BCUT2D eigenvalue weighted by atomic mass is 10.1. The van der Waals surface area contributed by atoms with E-state index in [0.29, 0.717) is 19.7 Å². The van der Waals surface area contributed by atoms with Crippen LogP contribution in [0.25, 0.3) is 0 Å². The van der Waals surface area contributed by atoms with Crippen molar-refractivity contribution in [2.75, 3.05) is 13.2 Å². The van der Waals surface area contributed by atoms with E-state index in [1.165, 1.54) is 5.56 Å². The van der Waals surface area contributed by atoms with Crippen LogP contribution in [0.3, 0.4) is 0 Å². The fourth-order valence-electron chi connectivity index (χ4n) is 3.15. The number of nitrogens with zero attached hydrogens (tertiary/aromatic N) is 3. The molecular weight excluding hydrogens is 342 g/mol. The lowest BCUT2D eigenvalue weighted by Gasteiger charge is -2.14. The minimum atomic E-state index is 0.214. The minimum Gasteiger partial charge on any atom is -0.494 e. The van der Waals surface area contributed by atoms with Crippen LogP contribution in [0.5, 0.6) is 11.5 Å². The van der Waals surface area contributed by atoms with Crippen LogP contribution >= 0.6 is 0 Å². The molecule has 3 rings (SSSR count). The van der Waals surface area contributed by atoms with Crippen molar-refractivity contribution in [1.29, 1.82) is 0 Å². The van der Waals surface area contributed by atoms with Crippen molar-refractivity contribution in [2.24, 2.45) is 12.0 Å². The topological polar surface area (TPSA) is 72.7 Å². The number of rotatable bonds is 7. The number of guanidine groups is 1. The second-order valence-electron chi connectivity index (χ2n) is 6.63. The van der Waals surface area contributed by atoms with Crippen molar-refractivity contribution in [1.82, 2.24) is 20.4 Å². The van der Waals surface area contributed by atoms with E-state index in [1.807, 2.05) is 24.7 Å². The summed E-state index contributed by atoms with van der Waals surface area (Å²) in [5, 5.41) is 10.8. The summed E-state index contributed by atoms with van der Waals surface area (Å²) >= 11 is 0. The Kier molecular flexibility index (Phi) is 6.21. The first-order chi connectivity index (χ1) is 13.1. The molecule has 7 heteroatoms. The zero-order valence-electron chi connectivity index (χ0n) is 16.6. The molecule has 1 unspecified atom stereocenters. The maximum Gasteiger partial charge on any atom is 0.191 e. The standard InChI is InChI=1S/C20H29N5O2/c1-5-21-20(23-13-17-7-8-24-25(17)4)22-12-16-11-19-15(9-14(3)27-19)10-18(16)26-6-2/h7-8,10-11,14H,5-6,9,12-13H2,1-4H3,(H2,21,22,23). The van der Waals surface area contributed by atoms with Crippen molar-refractivity contribution in [3.05, 3.63) is 41.2 Å². The van der Waals surface area contributed by atoms with Crippen molar-refractivity contribution < 1.29 is 9.47 Å². The van der Waals surface area contributed by atoms with Gasteiger partial charge in [0, 0.05) is 37.3 Å². The van der Waals surface area contributed by atoms with Crippen molar-refractivity contribution >= 4 is 5.96 Å². The lowest BCUT2D eigenvalue weighted by Crippen LogP contribution is -2.37. The van der Waals surface area contributed by atoms with Gasteiger partial charge in [-0.15, -0.1) is 0 Å². The van der Waals surface area contributed by atoms with Crippen molar-refractivity contribution in [3.8, 4) is 11.5 Å². The summed E-state index contributed by atoms with van der Waals surface area (Å²) < 4.78 is 13.6. The summed E-state index contributed by atoms with van der Waals surface area (Å²) in [6, 6.07) is 6.16. The molecule has 0 fully saturated rings. The van der Waals surface area contributed by atoms with Crippen LogP contribution in [0.15, 0.2) is 29.4 Å². The smallest absolute Gasteiger partial charge is 0.191 e. The molecule has 2 N–H and O–H groups in total. The number of ether oxygens (including phenoxy) is 2. The molecule has 27 heavy (non-hydrogen) atoms. The van der Waals surface area contributed by atoms with E-state index < -0.39 is 0 Å². The molecule has 1 aromatic heterocycles. The van der Waals surface area contributed by atoms with Gasteiger partial charge in [0.15, 0.2) is 5.96 Å².